The van der Waals surface area contributed by atoms with E-state index in [0.29, 0.717) is 11.6 Å². The van der Waals surface area contributed by atoms with Crippen LogP contribution in [0.1, 0.15) is 62.0 Å². The summed E-state index contributed by atoms with van der Waals surface area (Å²) in [6, 6.07) is 31.9. The highest BCUT2D eigenvalue weighted by Gasteiger charge is 2.29. The third-order valence-corrected chi connectivity index (χ3v) is 10.3. The number of nitrogens with zero attached hydrogens (tertiary/aromatic N) is 4. The molecule has 0 unspecified atom stereocenters. The fourth-order valence-electron chi connectivity index (χ4n) is 6.35. The lowest BCUT2D eigenvalue weighted by molar-refractivity contribution is 0.594. The molecule has 0 bridgehead atoms. The molecule has 226 valence electrons. The van der Waals surface area contributed by atoms with Gasteiger partial charge in [-0.25, -0.2) is 9.97 Å². The summed E-state index contributed by atoms with van der Waals surface area (Å²) in [7, 11) is 0. The first-order valence-electron chi connectivity index (χ1n) is 15.8. The Morgan fingerprint density at radius 3 is 2.13 bits per heavy atom. The SMILES string of the molecule is Cc1ccc2c(n1)oc1c(-c3cc(C(C)C)cc(C(C)(C)c4cccc(-c5cccc6c5sc5nc(C)ccc56)n4)n3)cccc12. The van der Waals surface area contributed by atoms with E-state index in [1.807, 2.05) is 19.9 Å². The van der Waals surface area contributed by atoms with Gasteiger partial charge in [-0.2, -0.15) is 0 Å². The van der Waals surface area contributed by atoms with Crippen LogP contribution in [0.25, 0.3) is 64.9 Å². The van der Waals surface area contributed by atoms with Crippen LogP contribution in [0.5, 0.6) is 0 Å². The van der Waals surface area contributed by atoms with Crippen LogP contribution < -0.4 is 0 Å². The Bertz CT molecular complexity index is 2470. The zero-order valence-corrected chi connectivity index (χ0v) is 27.7. The van der Waals surface area contributed by atoms with Gasteiger partial charge >= 0.3 is 0 Å². The predicted octanol–water partition coefficient (Wildman–Crippen LogP) is 10.9. The largest absolute Gasteiger partial charge is 0.437 e. The molecule has 2 aromatic carbocycles. The first-order valence-corrected chi connectivity index (χ1v) is 16.6. The van der Waals surface area contributed by atoms with Crippen LogP contribution in [0, 0.1) is 13.8 Å². The fourth-order valence-corrected chi connectivity index (χ4v) is 7.59. The number of benzene rings is 2. The molecule has 8 aromatic rings. The second-order valence-electron chi connectivity index (χ2n) is 13.0. The average molecular weight is 619 g/mol. The molecule has 0 fully saturated rings. The minimum atomic E-state index is -0.469. The number of aryl methyl sites for hydroxylation is 2. The molecule has 0 aliphatic rings. The second kappa shape index (κ2) is 10.6. The number of furan rings is 1. The van der Waals surface area contributed by atoms with E-state index >= 15 is 0 Å². The van der Waals surface area contributed by atoms with Gasteiger partial charge in [-0.05, 0) is 93.8 Å². The number of aromatic nitrogens is 4. The minimum absolute atomic E-state index is 0.317. The molecule has 0 saturated heterocycles. The second-order valence-corrected chi connectivity index (χ2v) is 14.0. The van der Waals surface area contributed by atoms with E-state index in [-0.39, 0.29) is 0 Å². The highest BCUT2D eigenvalue weighted by Crippen LogP contribution is 2.41. The van der Waals surface area contributed by atoms with Gasteiger partial charge in [-0.1, -0.05) is 50.2 Å². The number of fused-ring (bicyclic) bond motifs is 6. The van der Waals surface area contributed by atoms with E-state index in [0.717, 1.165) is 66.5 Å². The summed E-state index contributed by atoms with van der Waals surface area (Å²) in [4.78, 5) is 21.2. The molecule has 0 atom stereocenters. The summed E-state index contributed by atoms with van der Waals surface area (Å²) in [6.45, 7) is 12.9. The van der Waals surface area contributed by atoms with Crippen molar-refractivity contribution in [1.82, 2.24) is 19.9 Å². The van der Waals surface area contributed by atoms with Crippen molar-refractivity contribution in [2.45, 2.75) is 52.9 Å². The van der Waals surface area contributed by atoms with Crippen molar-refractivity contribution in [1.29, 1.82) is 0 Å². The molecule has 0 aliphatic heterocycles. The first kappa shape index (κ1) is 28.5. The van der Waals surface area contributed by atoms with Gasteiger partial charge in [0.25, 0.3) is 0 Å². The van der Waals surface area contributed by atoms with Crippen molar-refractivity contribution in [3.8, 4) is 22.5 Å². The molecule has 6 heterocycles. The van der Waals surface area contributed by atoms with Gasteiger partial charge in [-0.15, -0.1) is 11.3 Å². The first-order chi connectivity index (χ1) is 22.2. The van der Waals surface area contributed by atoms with E-state index in [1.165, 1.54) is 21.0 Å². The Morgan fingerprint density at radius 2 is 1.33 bits per heavy atom. The predicted molar refractivity (Wildman–Crippen MR) is 191 cm³/mol. The summed E-state index contributed by atoms with van der Waals surface area (Å²) < 4.78 is 7.60. The zero-order chi connectivity index (χ0) is 31.7. The van der Waals surface area contributed by atoms with Crippen LogP contribution in [0.4, 0.5) is 0 Å². The van der Waals surface area contributed by atoms with Crippen molar-refractivity contribution >= 4 is 53.7 Å². The zero-order valence-electron chi connectivity index (χ0n) is 26.8. The highest BCUT2D eigenvalue weighted by molar-refractivity contribution is 7.26. The van der Waals surface area contributed by atoms with Crippen molar-refractivity contribution in [2.24, 2.45) is 0 Å². The lowest BCUT2D eigenvalue weighted by Gasteiger charge is -2.26. The normalized spacial score (nSPS) is 12.3. The summed E-state index contributed by atoms with van der Waals surface area (Å²) in [5, 5.41) is 4.48. The molecule has 0 N–H and O–H groups in total. The number of para-hydroxylation sites is 1. The van der Waals surface area contributed by atoms with Crippen molar-refractivity contribution in [3.05, 3.63) is 119 Å². The Hall–Kier alpha value is -4.94. The van der Waals surface area contributed by atoms with E-state index in [1.54, 1.807) is 11.3 Å². The van der Waals surface area contributed by atoms with E-state index in [2.05, 4.69) is 118 Å². The number of rotatable bonds is 5. The number of pyridine rings is 4. The maximum atomic E-state index is 6.39. The molecule has 6 aromatic heterocycles. The fraction of sp³-hybridized carbons (Fsp3) is 0.200. The Balaban J connectivity index is 1.27. The lowest BCUT2D eigenvalue weighted by Crippen LogP contribution is -2.23. The highest BCUT2D eigenvalue weighted by atomic mass is 32.1. The van der Waals surface area contributed by atoms with Crippen LogP contribution in [0.15, 0.2) is 95.4 Å². The van der Waals surface area contributed by atoms with Crippen molar-refractivity contribution in [2.75, 3.05) is 0 Å². The van der Waals surface area contributed by atoms with Crippen molar-refractivity contribution < 1.29 is 4.42 Å². The topological polar surface area (TPSA) is 64.7 Å². The molecular weight excluding hydrogens is 585 g/mol. The maximum Gasteiger partial charge on any atom is 0.227 e. The summed E-state index contributed by atoms with van der Waals surface area (Å²) in [6.07, 6.45) is 0. The lowest BCUT2D eigenvalue weighted by atomic mass is 9.82. The number of hydrogen-bond acceptors (Lipinski definition) is 6. The standard InChI is InChI=1S/C40H34N4OS/c1-22(2)25-20-33(30-12-7-10-26-28-18-16-23(3)41-38(28)45-36(26)30)44-35(21-25)40(5,6)34-15-9-14-32(43-34)31-13-8-11-27-29-19-17-24(4)42-39(29)46-37(27)31/h7-22H,1-6H3. The van der Waals surface area contributed by atoms with Crippen LogP contribution in [0.2, 0.25) is 0 Å². The number of hydrogen-bond donors (Lipinski definition) is 0. The molecule has 6 heteroatoms. The van der Waals surface area contributed by atoms with Crippen LogP contribution in [0.3, 0.4) is 0 Å². The number of thiophene rings is 1. The van der Waals surface area contributed by atoms with E-state index < -0.39 is 5.41 Å². The summed E-state index contributed by atoms with van der Waals surface area (Å²) in [5.74, 6) is 0.317. The smallest absolute Gasteiger partial charge is 0.227 e. The summed E-state index contributed by atoms with van der Waals surface area (Å²) >= 11 is 1.74. The van der Waals surface area contributed by atoms with Gasteiger partial charge in [0.15, 0.2) is 0 Å². The monoisotopic (exact) mass is 618 g/mol. The van der Waals surface area contributed by atoms with Gasteiger partial charge in [0.05, 0.1) is 22.8 Å². The third-order valence-electron chi connectivity index (χ3n) is 9.10. The van der Waals surface area contributed by atoms with Crippen molar-refractivity contribution in [3.63, 3.8) is 0 Å². The molecule has 0 aliphatic carbocycles. The summed E-state index contributed by atoms with van der Waals surface area (Å²) in [5.41, 5.74) is 10.1. The van der Waals surface area contributed by atoms with Crippen LogP contribution in [-0.2, 0) is 5.41 Å². The quantitative estimate of drug-likeness (QED) is 0.192. The van der Waals surface area contributed by atoms with Gasteiger partial charge in [0.1, 0.15) is 10.4 Å². The van der Waals surface area contributed by atoms with Gasteiger partial charge < -0.3 is 4.42 Å². The third kappa shape index (κ3) is 4.59. The van der Waals surface area contributed by atoms with Crippen LogP contribution in [-0.4, -0.2) is 19.9 Å². The minimum Gasteiger partial charge on any atom is -0.437 e. The van der Waals surface area contributed by atoms with E-state index in [4.69, 9.17) is 19.4 Å². The molecule has 0 saturated carbocycles. The van der Waals surface area contributed by atoms with Crippen LogP contribution >= 0.6 is 11.3 Å². The van der Waals surface area contributed by atoms with E-state index in [9.17, 15) is 0 Å². The van der Waals surface area contributed by atoms with Gasteiger partial charge in [0.2, 0.25) is 5.71 Å². The maximum absolute atomic E-state index is 6.39. The van der Waals surface area contributed by atoms with Gasteiger partial charge in [-0.3, -0.25) is 9.97 Å². The molecule has 8 rings (SSSR count). The Morgan fingerprint density at radius 1 is 0.630 bits per heavy atom. The van der Waals surface area contributed by atoms with Gasteiger partial charge in [0, 0.05) is 54.2 Å². The molecule has 0 spiro atoms. The Kier molecular flexibility index (Phi) is 6.55. The average Bonchev–Trinajstić information content (AvgIpc) is 3.61. The molecular formula is C40H34N4OS. The molecule has 46 heavy (non-hydrogen) atoms. The molecule has 5 nitrogen and oxygen atoms in total. The molecule has 0 radical (unpaired) electrons. The Labute approximate surface area is 272 Å². The molecule has 0 amide bonds.